The van der Waals surface area contributed by atoms with Crippen molar-refractivity contribution in [2.75, 3.05) is 13.2 Å². The van der Waals surface area contributed by atoms with E-state index in [2.05, 4.69) is 0 Å². The molecule has 0 saturated heterocycles. The van der Waals surface area contributed by atoms with E-state index in [9.17, 15) is 4.79 Å². The van der Waals surface area contributed by atoms with Crippen LogP contribution < -0.4 is 9.47 Å². The Balaban J connectivity index is 1.70. The van der Waals surface area contributed by atoms with Crippen LogP contribution in [0.4, 0.5) is 0 Å². The van der Waals surface area contributed by atoms with Crippen LogP contribution in [-0.4, -0.2) is 19.2 Å². The maximum Gasteiger partial charge on any atom is 0.338 e. The minimum absolute atomic E-state index is 0.132. The molecule has 0 amide bonds. The first-order valence-electron chi connectivity index (χ1n) is 7.04. The molecule has 0 bridgehead atoms. The van der Waals surface area contributed by atoms with E-state index in [-0.39, 0.29) is 6.61 Å². The molecule has 0 fully saturated rings. The molecule has 1 heterocycles. The number of rotatable bonds is 3. The number of carbonyl (C=O) groups is 1. The number of halogens is 1. The quantitative estimate of drug-likeness (QED) is 0.806. The molecule has 0 saturated carbocycles. The second-order valence-electron chi connectivity index (χ2n) is 4.88. The number of esters is 1. The van der Waals surface area contributed by atoms with Gasteiger partial charge in [-0.3, -0.25) is 0 Å². The number of hydrogen-bond donors (Lipinski definition) is 0. The highest BCUT2D eigenvalue weighted by molar-refractivity contribution is 6.31. The lowest BCUT2D eigenvalue weighted by molar-refractivity contribution is 0.0472. The Morgan fingerprint density at radius 2 is 1.86 bits per heavy atom. The van der Waals surface area contributed by atoms with Gasteiger partial charge in [0.25, 0.3) is 0 Å². The first kappa shape index (κ1) is 14.7. The van der Waals surface area contributed by atoms with Crippen molar-refractivity contribution in [1.29, 1.82) is 0 Å². The number of benzene rings is 2. The van der Waals surface area contributed by atoms with Gasteiger partial charge in [0.15, 0.2) is 11.5 Å². The van der Waals surface area contributed by atoms with Crippen LogP contribution in [-0.2, 0) is 11.3 Å². The van der Waals surface area contributed by atoms with Crippen LogP contribution in [0, 0.1) is 0 Å². The summed E-state index contributed by atoms with van der Waals surface area (Å²) in [5.74, 6) is 0.806. The third kappa shape index (κ3) is 3.34. The van der Waals surface area contributed by atoms with Crippen LogP contribution in [0.5, 0.6) is 11.5 Å². The van der Waals surface area contributed by atoms with Gasteiger partial charge in [0.2, 0.25) is 0 Å². The molecule has 4 nitrogen and oxygen atoms in total. The molecule has 0 aliphatic carbocycles. The molecule has 1 aliphatic rings. The summed E-state index contributed by atoms with van der Waals surface area (Å²) in [5, 5.41) is 0.578. The minimum atomic E-state index is -0.421. The second-order valence-corrected chi connectivity index (χ2v) is 5.29. The van der Waals surface area contributed by atoms with Crippen molar-refractivity contribution in [3.8, 4) is 11.5 Å². The Labute approximate surface area is 133 Å². The van der Waals surface area contributed by atoms with Crippen molar-refractivity contribution >= 4 is 17.6 Å². The molecule has 2 aromatic carbocycles. The van der Waals surface area contributed by atoms with E-state index in [0.717, 1.165) is 12.0 Å². The van der Waals surface area contributed by atoms with Gasteiger partial charge in [-0.2, -0.15) is 0 Å². The Morgan fingerprint density at radius 3 is 2.68 bits per heavy atom. The van der Waals surface area contributed by atoms with Gasteiger partial charge < -0.3 is 14.2 Å². The topological polar surface area (TPSA) is 44.8 Å². The van der Waals surface area contributed by atoms with Crippen molar-refractivity contribution in [2.24, 2.45) is 0 Å². The molecule has 0 atom stereocenters. The lowest BCUT2D eigenvalue weighted by atomic mass is 10.2. The van der Waals surface area contributed by atoms with Gasteiger partial charge >= 0.3 is 5.97 Å². The molecule has 3 rings (SSSR count). The van der Waals surface area contributed by atoms with Gasteiger partial charge in [-0.1, -0.05) is 29.8 Å². The lowest BCUT2D eigenvalue weighted by Gasteiger charge is -2.10. The van der Waals surface area contributed by atoms with Crippen molar-refractivity contribution in [1.82, 2.24) is 0 Å². The summed E-state index contributed by atoms with van der Waals surface area (Å²) in [6.45, 7) is 1.32. The zero-order chi connectivity index (χ0) is 15.4. The van der Waals surface area contributed by atoms with Gasteiger partial charge in [0, 0.05) is 17.0 Å². The largest absolute Gasteiger partial charge is 0.490 e. The van der Waals surface area contributed by atoms with Crippen molar-refractivity contribution in [3.63, 3.8) is 0 Å². The molecule has 114 valence electrons. The second kappa shape index (κ2) is 6.71. The molecule has 0 aromatic heterocycles. The summed E-state index contributed by atoms with van der Waals surface area (Å²) in [6, 6.07) is 12.3. The van der Waals surface area contributed by atoms with Crippen molar-refractivity contribution in [3.05, 3.63) is 58.6 Å². The van der Waals surface area contributed by atoms with Gasteiger partial charge in [-0.15, -0.1) is 0 Å². The highest BCUT2D eigenvalue weighted by atomic mass is 35.5. The summed E-state index contributed by atoms with van der Waals surface area (Å²) in [4.78, 5) is 12.1. The van der Waals surface area contributed by atoms with Gasteiger partial charge in [0.05, 0.1) is 18.8 Å². The Bertz CT molecular complexity index is 684. The molecule has 0 spiro atoms. The summed E-state index contributed by atoms with van der Waals surface area (Å²) < 4.78 is 16.4. The van der Waals surface area contributed by atoms with Crippen LogP contribution in [0.3, 0.4) is 0 Å². The molecule has 5 heteroatoms. The molecule has 2 aromatic rings. The van der Waals surface area contributed by atoms with E-state index < -0.39 is 5.97 Å². The maximum atomic E-state index is 12.1. The molecular formula is C17H15ClO4. The predicted molar refractivity (Wildman–Crippen MR) is 82.6 cm³/mol. The van der Waals surface area contributed by atoms with E-state index in [0.29, 0.717) is 35.3 Å². The summed E-state index contributed by atoms with van der Waals surface area (Å²) in [7, 11) is 0. The van der Waals surface area contributed by atoms with Crippen LogP contribution in [0.25, 0.3) is 0 Å². The fourth-order valence-electron chi connectivity index (χ4n) is 2.13. The number of ether oxygens (including phenoxy) is 3. The molecular weight excluding hydrogens is 304 g/mol. The standard InChI is InChI=1S/C17H15ClO4/c18-14-5-2-1-4-13(14)11-22-17(19)12-6-7-15-16(10-12)21-9-3-8-20-15/h1-2,4-7,10H,3,8-9,11H2. The fourth-order valence-corrected chi connectivity index (χ4v) is 2.32. The number of carbonyl (C=O) groups excluding carboxylic acids is 1. The van der Waals surface area contributed by atoms with E-state index in [1.54, 1.807) is 24.3 Å². The predicted octanol–water partition coefficient (Wildman–Crippen LogP) is 3.86. The van der Waals surface area contributed by atoms with Crippen LogP contribution in [0.2, 0.25) is 5.02 Å². The third-order valence-electron chi connectivity index (χ3n) is 3.30. The van der Waals surface area contributed by atoms with Crippen LogP contribution in [0.15, 0.2) is 42.5 Å². The van der Waals surface area contributed by atoms with Crippen LogP contribution >= 0.6 is 11.6 Å². The van der Waals surface area contributed by atoms with E-state index in [4.69, 9.17) is 25.8 Å². The normalized spacial score (nSPS) is 13.3. The smallest absolute Gasteiger partial charge is 0.338 e. The van der Waals surface area contributed by atoms with Gasteiger partial charge in [-0.25, -0.2) is 4.79 Å². The summed E-state index contributed by atoms with van der Waals surface area (Å²) in [6.07, 6.45) is 0.820. The monoisotopic (exact) mass is 318 g/mol. The molecule has 0 radical (unpaired) electrons. The highest BCUT2D eigenvalue weighted by Gasteiger charge is 2.15. The average molecular weight is 319 g/mol. The first-order chi connectivity index (χ1) is 10.7. The SMILES string of the molecule is O=C(OCc1ccccc1Cl)c1ccc2c(c1)OCCCO2. The van der Waals surface area contributed by atoms with Gasteiger partial charge in [0.1, 0.15) is 6.61 Å². The zero-order valence-corrected chi connectivity index (χ0v) is 12.6. The maximum absolute atomic E-state index is 12.1. The molecule has 0 N–H and O–H groups in total. The highest BCUT2D eigenvalue weighted by Crippen LogP contribution is 2.30. The lowest BCUT2D eigenvalue weighted by Crippen LogP contribution is -2.06. The minimum Gasteiger partial charge on any atom is -0.490 e. The molecule has 22 heavy (non-hydrogen) atoms. The Kier molecular flexibility index (Phi) is 4.49. The zero-order valence-electron chi connectivity index (χ0n) is 11.9. The van der Waals surface area contributed by atoms with Crippen molar-refractivity contribution < 1.29 is 19.0 Å². The third-order valence-corrected chi connectivity index (χ3v) is 3.67. The summed E-state index contributed by atoms with van der Waals surface area (Å²) >= 11 is 6.04. The number of hydrogen-bond acceptors (Lipinski definition) is 4. The Morgan fingerprint density at radius 1 is 1.09 bits per heavy atom. The fraction of sp³-hybridized carbons (Fsp3) is 0.235. The van der Waals surface area contributed by atoms with E-state index >= 15 is 0 Å². The average Bonchev–Trinajstić information content (AvgIpc) is 2.78. The molecule has 0 unspecified atom stereocenters. The Hall–Kier alpha value is -2.20. The van der Waals surface area contributed by atoms with E-state index in [1.807, 2.05) is 18.2 Å². The number of fused-ring (bicyclic) bond motifs is 1. The van der Waals surface area contributed by atoms with E-state index in [1.165, 1.54) is 0 Å². The van der Waals surface area contributed by atoms with Crippen LogP contribution in [0.1, 0.15) is 22.3 Å². The summed E-state index contributed by atoms with van der Waals surface area (Å²) in [5.41, 5.74) is 1.20. The molecule has 1 aliphatic heterocycles. The van der Waals surface area contributed by atoms with Gasteiger partial charge in [-0.05, 0) is 24.3 Å². The first-order valence-corrected chi connectivity index (χ1v) is 7.42. The van der Waals surface area contributed by atoms with Crippen molar-refractivity contribution in [2.45, 2.75) is 13.0 Å².